The Morgan fingerprint density at radius 2 is 1.28 bits per heavy atom. The molecule has 0 spiro atoms. The molecule has 4 atom stereocenters. The number of benzene rings is 2. The standard InChI is InChI=1S/C61H96F2N8O11.C2H6.CH4O/c1-5-28-73-30-32-75-34-35-76-33-31-74-29-26-65-45-53(67-64)46-80-41-40-78-37-36-77-38-39-79-42-43-81-55-17-19-57(20-18-55)82-56-15-12-51(13-16-56)59-69-68-49(4)71(59)48(3)44-54-14-11-47(2)70(54)27-23-58(50-9-7-6-8-10-50)66-60(72)52-21-24-61(62,63)25-22-52;2*1-2/h6-10,17-20,45,47-48,51-52,54,56,58H,5,11-16,21-44,46,64H2,1-4H3,(H,66,72);1-2H3;2H,1H3/b65-45?,67-53+;;. The highest BCUT2D eigenvalue weighted by atomic mass is 19.3. The van der Waals surface area contributed by atoms with Crippen LogP contribution in [0.25, 0.3) is 0 Å². The molecule has 3 aromatic rings. The summed E-state index contributed by atoms with van der Waals surface area (Å²) >= 11 is 0. The van der Waals surface area contributed by atoms with Crippen LogP contribution in [0.2, 0.25) is 0 Å². The average molecular weight is 1220 g/mol. The maximum atomic E-state index is 13.9. The van der Waals surface area contributed by atoms with Crippen LogP contribution in [0.1, 0.15) is 153 Å². The van der Waals surface area contributed by atoms with Crippen LogP contribution < -0.4 is 20.6 Å². The second-order valence-corrected chi connectivity index (χ2v) is 21.7. The van der Waals surface area contributed by atoms with Crippen molar-refractivity contribution in [3.05, 3.63) is 71.8 Å². The molecule has 4 unspecified atom stereocenters. The number of aryl methyl sites for hydroxylation is 1. The van der Waals surface area contributed by atoms with Gasteiger partial charge in [0.1, 0.15) is 35.5 Å². The second-order valence-electron chi connectivity index (χ2n) is 21.7. The number of aromatic nitrogens is 3. The van der Waals surface area contributed by atoms with E-state index in [4.69, 9.17) is 63.4 Å². The largest absolute Gasteiger partial charge is 0.491 e. The number of likely N-dealkylation sites (tertiary alicyclic amines) is 1. The van der Waals surface area contributed by atoms with Crippen molar-refractivity contribution in [1.82, 2.24) is 25.0 Å². The Balaban J connectivity index is 0.00000388. The summed E-state index contributed by atoms with van der Waals surface area (Å²) < 4.78 is 86.9. The van der Waals surface area contributed by atoms with Crippen molar-refractivity contribution < 1.29 is 66.1 Å². The number of amides is 1. The molecular weight excluding hydrogens is 1110 g/mol. The van der Waals surface area contributed by atoms with E-state index in [2.05, 4.69) is 69.8 Å². The summed E-state index contributed by atoms with van der Waals surface area (Å²) in [5, 5.41) is 23.4. The van der Waals surface area contributed by atoms with Crippen molar-refractivity contribution in [2.75, 3.05) is 133 Å². The van der Waals surface area contributed by atoms with E-state index in [1.165, 1.54) is 0 Å². The van der Waals surface area contributed by atoms with Gasteiger partial charge in [-0.3, -0.25) is 14.7 Å². The van der Waals surface area contributed by atoms with Gasteiger partial charge in [0.05, 0.1) is 118 Å². The van der Waals surface area contributed by atoms with E-state index in [0.717, 1.165) is 107 Å². The van der Waals surface area contributed by atoms with Gasteiger partial charge in [-0.25, -0.2) is 8.78 Å². The summed E-state index contributed by atoms with van der Waals surface area (Å²) in [7, 11) is 1.00. The number of hydrogen-bond donors (Lipinski definition) is 3. The average Bonchev–Trinajstić information content (AvgIpc) is 2.22. The van der Waals surface area contributed by atoms with Gasteiger partial charge in [0.25, 0.3) is 0 Å². The Kier molecular flexibility index (Phi) is 38.3. The fraction of sp³-hybridized carbons (Fsp3) is 0.734. The molecule has 2 aliphatic carbocycles. The third kappa shape index (κ3) is 28.6. The summed E-state index contributed by atoms with van der Waals surface area (Å²) in [5.74, 6) is 6.24. The van der Waals surface area contributed by atoms with Crippen LogP contribution >= 0.6 is 0 Å². The molecule has 20 nitrogen and oxygen atoms in total. The molecule has 0 bridgehead atoms. The van der Waals surface area contributed by atoms with Crippen LogP contribution in [0.15, 0.2) is 64.7 Å². The number of halogens is 2. The number of hydrazone groups is 1. The molecule has 2 saturated carbocycles. The maximum absolute atomic E-state index is 13.9. The number of nitrogens with zero attached hydrogens (tertiary/aromatic N) is 6. The Morgan fingerprint density at radius 3 is 1.86 bits per heavy atom. The van der Waals surface area contributed by atoms with E-state index in [0.29, 0.717) is 129 Å². The van der Waals surface area contributed by atoms with Crippen molar-refractivity contribution in [3.8, 4) is 11.5 Å². The van der Waals surface area contributed by atoms with Gasteiger partial charge in [-0.2, -0.15) is 5.10 Å². The first kappa shape index (κ1) is 73.7. The molecule has 86 heavy (non-hydrogen) atoms. The molecular formula is C64H106F2N8O12. The highest BCUT2D eigenvalue weighted by Crippen LogP contribution is 2.39. The summed E-state index contributed by atoms with van der Waals surface area (Å²) in [6.45, 7) is 22.1. The lowest BCUT2D eigenvalue weighted by Crippen LogP contribution is -2.41. The molecule has 22 heteroatoms. The lowest BCUT2D eigenvalue weighted by molar-refractivity contribution is -0.130. The predicted molar refractivity (Wildman–Crippen MR) is 331 cm³/mol. The van der Waals surface area contributed by atoms with Crippen LogP contribution in [0.5, 0.6) is 11.5 Å². The third-order valence-electron chi connectivity index (χ3n) is 15.4. The smallest absolute Gasteiger partial charge is 0.248 e. The predicted octanol–water partition coefficient (Wildman–Crippen LogP) is 9.51. The van der Waals surface area contributed by atoms with E-state index in [9.17, 15) is 13.6 Å². The normalized spacial score (nSPS) is 19.8. The summed E-state index contributed by atoms with van der Waals surface area (Å²) in [6.07, 6.45) is 10.5. The number of nitrogens with two attached hydrogens (primary N) is 1. The monoisotopic (exact) mass is 1220 g/mol. The minimum absolute atomic E-state index is 0.105. The maximum Gasteiger partial charge on any atom is 0.248 e. The van der Waals surface area contributed by atoms with Gasteiger partial charge in [-0.15, -0.1) is 10.2 Å². The first-order valence-electron chi connectivity index (χ1n) is 31.7. The van der Waals surface area contributed by atoms with Crippen LogP contribution in [0, 0.1) is 12.8 Å². The number of aliphatic hydroxyl groups excluding tert-OH is 1. The molecule has 2 heterocycles. The van der Waals surface area contributed by atoms with E-state index in [-0.39, 0.29) is 62.3 Å². The lowest BCUT2D eigenvalue weighted by Gasteiger charge is -2.34. The molecule has 1 amide bonds. The summed E-state index contributed by atoms with van der Waals surface area (Å²) in [4.78, 5) is 20.3. The zero-order chi connectivity index (χ0) is 62.0. The molecule has 1 saturated heterocycles. The Labute approximate surface area is 511 Å². The van der Waals surface area contributed by atoms with Gasteiger partial charge in [0, 0.05) is 69.3 Å². The second kappa shape index (κ2) is 44.6. The first-order valence-corrected chi connectivity index (χ1v) is 31.7. The number of carbonyl (C=O) groups is 1. The number of nitrogens with one attached hydrogen (secondary N) is 1. The fourth-order valence-corrected chi connectivity index (χ4v) is 11.0. The molecule has 3 aliphatic rings. The van der Waals surface area contributed by atoms with Gasteiger partial charge in [0.15, 0.2) is 0 Å². The number of aliphatic hydroxyl groups is 1. The van der Waals surface area contributed by atoms with Crippen molar-refractivity contribution in [2.45, 2.75) is 167 Å². The van der Waals surface area contributed by atoms with Gasteiger partial charge in [0.2, 0.25) is 11.8 Å². The minimum atomic E-state index is -2.67. The Morgan fingerprint density at radius 1 is 0.733 bits per heavy atom. The van der Waals surface area contributed by atoms with Crippen LogP contribution in [-0.4, -0.2) is 199 Å². The molecule has 488 valence electrons. The van der Waals surface area contributed by atoms with Crippen LogP contribution in [0.4, 0.5) is 8.78 Å². The number of aliphatic imine (C=N–C) groups is 1. The van der Waals surface area contributed by atoms with E-state index in [1.54, 1.807) is 6.21 Å². The quantitative estimate of drug-likeness (QED) is 0.0208. The molecule has 4 N–H and O–H groups in total. The first-order chi connectivity index (χ1) is 42.0. The van der Waals surface area contributed by atoms with Crippen molar-refractivity contribution >= 4 is 17.8 Å². The van der Waals surface area contributed by atoms with E-state index >= 15 is 0 Å². The van der Waals surface area contributed by atoms with Gasteiger partial charge in [-0.05, 0) is 121 Å². The van der Waals surface area contributed by atoms with Crippen LogP contribution in [0.3, 0.4) is 0 Å². The van der Waals surface area contributed by atoms with E-state index in [1.807, 2.05) is 56.3 Å². The number of ether oxygens (including phenoxy) is 10. The molecule has 1 aromatic heterocycles. The fourth-order valence-electron chi connectivity index (χ4n) is 11.0. The van der Waals surface area contributed by atoms with Crippen molar-refractivity contribution in [2.24, 2.45) is 21.9 Å². The number of rotatable bonds is 42. The Bertz CT molecular complexity index is 2230. The van der Waals surface area contributed by atoms with Gasteiger partial charge in [-0.1, -0.05) is 51.1 Å². The van der Waals surface area contributed by atoms with Gasteiger partial charge < -0.3 is 68.2 Å². The SMILES string of the molecule is CC.CCCOCCOCCOCCOCCN=C/C(COCCOCCOCCOCCOc1ccc(OC2CCC(c3nnc(C)n3C(C)CC3CCC(C)N3CCC(NC(=O)C3CCC(F)(F)CC3)c3ccccc3)CC2)cc1)=N\N.CO. The minimum Gasteiger partial charge on any atom is -0.491 e. The molecule has 2 aromatic carbocycles. The summed E-state index contributed by atoms with van der Waals surface area (Å²) in [5.41, 5.74) is 1.57. The lowest BCUT2D eigenvalue weighted by atomic mass is 9.86. The highest BCUT2D eigenvalue weighted by Gasteiger charge is 2.39. The molecule has 3 fully saturated rings. The van der Waals surface area contributed by atoms with Crippen LogP contribution in [-0.2, 0) is 42.7 Å². The van der Waals surface area contributed by atoms with Crippen molar-refractivity contribution in [3.63, 3.8) is 0 Å². The summed E-state index contributed by atoms with van der Waals surface area (Å²) in [6, 6.07) is 18.7. The molecule has 0 radical (unpaired) electrons. The number of hydrogen-bond acceptors (Lipinski definition) is 18. The number of carbonyl (C=O) groups excluding carboxylic acids is 1. The third-order valence-corrected chi connectivity index (χ3v) is 15.4. The zero-order valence-electron chi connectivity index (χ0n) is 52.9. The van der Waals surface area contributed by atoms with Gasteiger partial charge >= 0.3 is 0 Å². The highest BCUT2D eigenvalue weighted by molar-refractivity contribution is 6.31. The Hall–Kier alpha value is -4.75. The molecule has 1 aliphatic heterocycles. The number of alkyl halides is 2. The zero-order valence-corrected chi connectivity index (χ0v) is 52.9. The topological polar surface area (TPSA) is 226 Å². The van der Waals surface area contributed by atoms with Crippen molar-refractivity contribution in [1.29, 1.82) is 0 Å². The molecule has 6 rings (SSSR count). The van der Waals surface area contributed by atoms with E-state index < -0.39 is 5.92 Å².